The number of urea groups is 1. The number of ether oxygens (including phenoxy) is 1. The monoisotopic (exact) mass is 389 g/mol. The number of hydrogen-bond acceptors (Lipinski definition) is 3. The third kappa shape index (κ3) is 5.35. The lowest BCUT2D eigenvalue weighted by Crippen LogP contribution is -2.31. The van der Waals surface area contributed by atoms with Crippen LogP contribution in [0.15, 0.2) is 78.9 Å². The summed E-state index contributed by atoms with van der Waals surface area (Å²) < 4.78 is 5.24. The summed E-state index contributed by atoms with van der Waals surface area (Å²) in [6.45, 7) is 1.92. The largest absolute Gasteiger partial charge is 0.495 e. The summed E-state index contributed by atoms with van der Waals surface area (Å²) >= 11 is 0. The van der Waals surface area contributed by atoms with Gasteiger partial charge in [0.15, 0.2) is 0 Å². The molecule has 148 valence electrons. The minimum Gasteiger partial charge on any atom is -0.495 e. The molecule has 1 atom stereocenters. The molecule has 0 aliphatic heterocycles. The third-order valence-electron chi connectivity index (χ3n) is 4.41. The lowest BCUT2D eigenvalue weighted by molar-refractivity contribution is 0.102. The van der Waals surface area contributed by atoms with Crippen molar-refractivity contribution in [2.24, 2.45) is 0 Å². The van der Waals surface area contributed by atoms with Crippen LogP contribution in [0.25, 0.3) is 0 Å². The van der Waals surface area contributed by atoms with E-state index < -0.39 is 0 Å². The number of carbonyl (C=O) groups is 2. The first-order chi connectivity index (χ1) is 14.1. The van der Waals surface area contributed by atoms with E-state index in [0.29, 0.717) is 22.7 Å². The van der Waals surface area contributed by atoms with E-state index in [1.165, 1.54) is 0 Å². The minimum atomic E-state index is -0.312. The highest BCUT2D eigenvalue weighted by Gasteiger charge is 2.11. The summed E-state index contributed by atoms with van der Waals surface area (Å²) in [6.07, 6.45) is 0. The van der Waals surface area contributed by atoms with E-state index in [2.05, 4.69) is 16.0 Å². The van der Waals surface area contributed by atoms with Crippen LogP contribution in [0.5, 0.6) is 5.75 Å². The zero-order valence-corrected chi connectivity index (χ0v) is 16.3. The molecule has 0 aliphatic carbocycles. The average Bonchev–Trinajstić information content (AvgIpc) is 2.75. The van der Waals surface area contributed by atoms with Crippen LogP contribution in [0.4, 0.5) is 16.2 Å². The Balaban J connectivity index is 1.58. The van der Waals surface area contributed by atoms with Crippen molar-refractivity contribution in [3.63, 3.8) is 0 Å². The van der Waals surface area contributed by atoms with E-state index in [4.69, 9.17) is 4.74 Å². The summed E-state index contributed by atoms with van der Waals surface area (Å²) in [5.41, 5.74) is 2.68. The Hall–Kier alpha value is -3.80. The fourth-order valence-electron chi connectivity index (χ4n) is 2.84. The van der Waals surface area contributed by atoms with Gasteiger partial charge in [-0.15, -0.1) is 0 Å². The van der Waals surface area contributed by atoms with E-state index in [0.717, 1.165) is 5.56 Å². The van der Waals surface area contributed by atoms with Crippen LogP contribution in [-0.4, -0.2) is 19.0 Å². The molecule has 0 aromatic heterocycles. The van der Waals surface area contributed by atoms with Crippen LogP contribution in [0, 0.1) is 0 Å². The molecule has 0 fully saturated rings. The number of nitrogens with one attached hydrogen (secondary N) is 3. The predicted octanol–water partition coefficient (Wildman–Crippen LogP) is 4.83. The van der Waals surface area contributed by atoms with Crippen LogP contribution >= 0.6 is 0 Å². The van der Waals surface area contributed by atoms with E-state index in [1.54, 1.807) is 43.5 Å². The van der Waals surface area contributed by atoms with Gasteiger partial charge in [0, 0.05) is 11.3 Å². The highest BCUT2D eigenvalue weighted by molar-refractivity contribution is 6.05. The van der Waals surface area contributed by atoms with E-state index in [-0.39, 0.29) is 18.0 Å². The molecule has 29 heavy (non-hydrogen) atoms. The number of rotatable bonds is 6. The number of carbonyl (C=O) groups excluding carboxylic acids is 2. The molecule has 6 heteroatoms. The van der Waals surface area contributed by atoms with Crippen LogP contribution < -0.4 is 20.7 Å². The van der Waals surface area contributed by atoms with Gasteiger partial charge >= 0.3 is 6.03 Å². The number of anilines is 2. The Labute approximate surface area is 169 Å². The third-order valence-corrected chi connectivity index (χ3v) is 4.41. The molecular weight excluding hydrogens is 366 g/mol. The van der Waals surface area contributed by atoms with Gasteiger partial charge in [-0.2, -0.15) is 0 Å². The summed E-state index contributed by atoms with van der Waals surface area (Å²) in [5.74, 6) is 0.326. The Bertz CT molecular complexity index is 972. The van der Waals surface area contributed by atoms with Crippen molar-refractivity contribution in [2.45, 2.75) is 13.0 Å². The Morgan fingerprint density at radius 2 is 1.48 bits per heavy atom. The van der Waals surface area contributed by atoms with Gasteiger partial charge in [0.2, 0.25) is 0 Å². The van der Waals surface area contributed by atoms with Gasteiger partial charge in [-0.25, -0.2) is 4.79 Å². The molecule has 0 spiro atoms. The van der Waals surface area contributed by atoms with Crippen LogP contribution in [-0.2, 0) is 0 Å². The second-order valence-corrected chi connectivity index (χ2v) is 6.46. The number of hydrogen-bond donors (Lipinski definition) is 3. The molecule has 0 saturated carbocycles. The molecule has 6 nitrogen and oxygen atoms in total. The van der Waals surface area contributed by atoms with Gasteiger partial charge in [-0.3, -0.25) is 4.79 Å². The summed E-state index contributed by atoms with van der Waals surface area (Å²) in [7, 11) is 1.55. The fourth-order valence-corrected chi connectivity index (χ4v) is 2.84. The maximum absolute atomic E-state index is 12.5. The number of benzene rings is 3. The van der Waals surface area contributed by atoms with Crippen molar-refractivity contribution in [2.75, 3.05) is 17.7 Å². The average molecular weight is 389 g/mol. The second kappa shape index (κ2) is 9.41. The highest BCUT2D eigenvalue weighted by Crippen LogP contribution is 2.24. The molecule has 3 N–H and O–H groups in total. The first-order valence-electron chi connectivity index (χ1n) is 9.23. The molecule has 0 bridgehead atoms. The van der Waals surface area contributed by atoms with Crippen molar-refractivity contribution in [1.29, 1.82) is 0 Å². The first kappa shape index (κ1) is 19.9. The van der Waals surface area contributed by atoms with E-state index in [9.17, 15) is 9.59 Å². The minimum absolute atomic E-state index is 0.123. The summed E-state index contributed by atoms with van der Waals surface area (Å²) in [5, 5.41) is 8.48. The molecule has 3 amide bonds. The standard InChI is InChI=1S/C23H23N3O3/c1-16(17-8-4-3-5-9-17)24-23(28)25-19-14-12-18(13-15-19)22(27)26-20-10-6-7-11-21(20)29-2/h3-16H,1-2H3,(H,26,27)(H2,24,25,28). The zero-order valence-electron chi connectivity index (χ0n) is 16.3. The van der Waals surface area contributed by atoms with Crippen molar-refractivity contribution in [1.82, 2.24) is 5.32 Å². The Morgan fingerprint density at radius 1 is 0.828 bits per heavy atom. The predicted molar refractivity (Wildman–Crippen MR) is 114 cm³/mol. The molecular formula is C23H23N3O3. The first-order valence-corrected chi connectivity index (χ1v) is 9.23. The van der Waals surface area contributed by atoms with Gasteiger partial charge in [0.1, 0.15) is 5.75 Å². The van der Waals surface area contributed by atoms with Gasteiger partial charge in [0.25, 0.3) is 5.91 Å². The number of methoxy groups -OCH3 is 1. The molecule has 0 saturated heterocycles. The van der Waals surface area contributed by atoms with Crippen molar-refractivity contribution in [3.8, 4) is 5.75 Å². The highest BCUT2D eigenvalue weighted by atomic mass is 16.5. The maximum Gasteiger partial charge on any atom is 0.319 e. The van der Waals surface area contributed by atoms with Gasteiger partial charge < -0.3 is 20.7 Å². The Kier molecular flexibility index (Phi) is 6.47. The molecule has 0 heterocycles. The van der Waals surface area contributed by atoms with Crippen LogP contribution in [0.2, 0.25) is 0 Å². The molecule has 3 rings (SSSR count). The SMILES string of the molecule is COc1ccccc1NC(=O)c1ccc(NC(=O)NC(C)c2ccccc2)cc1. The van der Waals surface area contributed by atoms with Crippen LogP contribution in [0.1, 0.15) is 28.9 Å². The van der Waals surface area contributed by atoms with Gasteiger partial charge in [-0.1, -0.05) is 42.5 Å². The molecule has 0 radical (unpaired) electrons. The van der Waals surface area contributed by atoms with Crippen LogP contribution in [0.3, 0.4) is 0 Å². The topological polar surface area (TPSA) is 79.5 Å². The van der Waals surface area contributed by atoms with Crippen molar-refractivity contribution < 1.29 is 14.3 Å². The quantitative estimate of drug-likeness (QED) is 0.565. The zero-order chi connectivity index (χ0) is 20.6. The van der Waals surface area contributed by atoms with E-state index in [1.807, 2.05) is 49.4 Å². The van der Waals surface area contributed by atoms with E-state index >= 15 is 0 Å². The summed E-state index contributed by atoms with van der Waals surface area (Å²) in [6, 6.07) is 23.1. The maximum atomic E-state index is 12.5. The van der Waals surface area contributed by atoms with Gasteiger partial charge in [0.05, 0.1) is 18.8 Å². The number of para-hydroxylation sites is 2. The second-order valence-electron chi connectivity index (χ2n) is 6.46. The smallest absolute Gasteiger partial charge is 0.319 e. The molecule has 3 aromatic rings. The lowest BCUT2D eigenvalue weighted by atomic mass is 10.1. The fraction of sp³-hybridized carbons (Fsp3) is 0.130. The van der Waals surface area contributed by atoms with Gasteiger partial charge in [-0.05, 0) is 48.9 Å². The van der Waals surface area contributed by atoms with Crippen molar-refractivity contribution in [3.05, 3.63) is 90.0 Å². The Morgan fingerprint density at radius 3 is 2.17 bits per heavy atom. The van der Waals surface area contributed by atoms with Crippen molar-refractivity contribution >= 4 is 23.3 Å². The number of amides is 3. The molecule has 3 aromatic carbocycles. The molecule has 1 unspecified atom stereocenters. The summed E-state index contributed by atoms with van der Waals surface area (Å²) in [4.78, 5) is 24.7. The molecule has 0 aliphatic rings. The lowest BCUT2D eigenvalue weighted by Gasteiger charge is -2.15. The normalized spacial score (nSPS) is 11.2.